The van der Waals surface area contributed by atoms with Crippen molar-refractivity contribution in [3.63, 3.8) is 0 Å². The Balaban J connectivity index is -0.0000000166. The largest absolute Gasteiger partial charge is 3.00 e. The first-order valence-electron chi connectivity index (χ1n) is 18.1. The molecule has 0 atom stereocenters. The summed E-state index contributed by atoms with van der Waals surface area (Å²) in [5.74, 6) is 0. The van der Waals surface area contributed by atoms with E-state index in [0.717, 1.165) is 0 Å². The van der Waals surface area contributed by atoms with Gasteiger partial charge >= 0.3 is 164 Å². The van der Waals surface area contributed by atoms with Crippen LogP contribution in [0.4, 0.5) is 0 Å². The minimum absolute atomic E-state index is 0. The average Bonchev–Trinajstić information content (AvgIpc) is 2.67. The molecule has 0 saturated carbocycles. The Bertz CT molecular complexity index is 275. The van der Waals surface area contributed by atoms with Crippen LogP contribution in [-0.4, -0.2) is 79.4 Å². The Hall–Kier alpha value is 4.96. The third kappa shape index (κ3) is 8910. The maximum absolute atomic E-state index is 9.53. The molecule has 0 bridgehead atoms. The molecule has 0 radical (unpaired) electrons. The predicted molar refractivity (Wildman–Crippen MR) is 197 cm³/mol. The summed E-state index contributed by atoms with van der Waals surface area (Å²) in [6.45, 7) is 41.9. The van der Waals surface area contributed by atoms with Crippen molar-refractivity contribution in [1.82, 2.24) is 0 Å². The molecule has 0 N–H and O–H groups in total. The van der Waals surface area contributed by atoms with E-state index in [2.05, 4.69) is 0 Å². The van der Waals surface area contributed by atoms with Gasteiger partial charge in [0.25, 0.3) is 0 Å². The zero-order valence-corrected chi connectivity index (χ0v) is 56.3. The first-order valence-corrected chi connectivity index (χ1v) is 18.1. The van der Waals surface area contributed by atoms with Crippen LogP contribution in [0.2, 0.25) is 0 Å². The fourth-order valence-electron chi connectivity index (χ4n) is 0. The second-order valence-corrected chi connectivity index (χ2v) is 13.6. The molecule has 0 unspecified atom stereocenters. The average molecular weight is 1230 g/mol. The molecule has 0 aromatic carbocycles. The van der Waals surface area contributed by atoms with Gasteiger partial charge in [0.2, 0.25) is 0 Å². The van der Waals surface area contributed by atoms with E-state index in [0.29, 0.717) is 0 Å². The fourth-order valence-corrected chi connectivity index (χ4v) is 0. The van der Waals surface area contributed by atoms with Crippen LogP contribution in [0.1, 0.15) is 180 Å². The van der Waals surface area contributed by atoms with E-state index in [1.54, 1.807) is 180 Å². The van der Waals surface area contributed by atoms with Crippen molar-refractivity contribution < 1.29 is 235 Å². The third-order valence-electron chi connectivity index (χ3n) is 0. The monoisotopic (exact) mass is 1230 g/mol. The van der Waals surface area contributed by atoms with Gasteiger partial charge in [0.15, 0.2) is 0 Å². The number of hydrogen-bond acceptors (Lipinski definition) is 13. The molecule has 0 heterocycles. The van der Waals surface area contributed by atoms with Gasteiger partial charge in [-0.2, -0.15) is 0 Å². The van der Waals surface area contributed by atoms with Gasteiger partial charge in [-0.1, -0.05) is 180 Å². The van der Waals surface area contributed by atoms with Crippen LogP contribution in [0.15, 0.2) is 0 Å². The quantitative estimate of drug-likeness (QED) is 0.230. The van der Waals surface area contributed by atoms with Gasteiger partial charge in [-0.3, -0.25) is 0 Å². The molecular formula is C39H91O14Y5. The summed E-state index contributed by atoms with van der Waals surface area (Å²) in [6, 6.07) is 0. The van der Waals surface area contributed by atoms with Gasteiger partial charge < -0.3 is 71.9 Å². The van der Waals surface area contributed by atoms with Crippen molar-refractivity contribution in [2.24, 2.45) is 0 Å². The number of hydrogen-bond donors (Lipinski definition) is 0. The zero-order valence-electron chi connectivity index (χ0n) is 42.1. The Morgan fingerprint density at radius 3 is 0.138 bits per heavy atom. The van der Waals surface area contributed by atoms with Crippen molar-refractivity contribution in [3.8, 4) is 0 Å². The van der Waals surface area contributed by atoms with Crippen molar-refractivity contribution in [2.75, 3.05) is 0 Å². The molecule has 14 nitrogen and oxygen atoms in total. The Morgan fingerprint density at radius 2 is 0.138 bits per heavy atom. The van der Waals surface area contributed by atoms with Gasteiger partial charge in [0.1, 0.15) is 0 Å². The second-order valence-electron chi connectivity index (χ2n) is 13.6. The van der Waals surface area contributed by atoms with Gasteiger partial charge in [-0.25, -0.2) is 0 Å². The first kappa shape index (κ1) is 125. The van der Waals surface area contributed by atoms with E-state index < -0.39 is 79.4 Å². The topological polar surface area (TPSA) is 328 Å². The van der Waals surface area contributed by atoms with Crippen molar-refractivity contribution in [1.29, 1.82) is 0 Å². The molecule has 0 aromatic rings. The summed E-state index contributed by atoms with van der Waals surface area (Å²) in [7, 11) is 0. The second kappa shape index (κ2) is 119. The van der Waals surface area contributed by atoms with Crippen LogP contribution in [0, 0.1) is 0 Å². The first-order chi connectivity index (χ1) is 22.5. The molecule has 0 amide bonds. The summed E-state index contributed by atoms with van der Waals surface area (Å²) >= 11 is 0. The molecule has 346 valence electrons. The van der Waals surface area contributed by atoms with E-state index in [-0.39, 0.29) is 169 Å². The number of rotatable bonds is 0. The minimum Gasteiger partial charge on any atom is -2.00 e. The summed E-state index contributed by atoms with van der Waals surface area (Å²) in [6.07, 6.45) is -5.42. The molecule has 0 aliphatic carbocycles. The minimum atomic E-state index is -0.417. The van der Waals surface area contributed by atoms with Gasteiger partial charge in [-0.15, -0.1) is 79.4 Å². The van der Waals surface area contributed by atoms with E-state index in [1.807, 2.05) is 0 Å². The van der Waals surface area contributed by atoms with Gasteiger partial charge in [-0.05, 0) is 0 Å². The molecule has 0 aliphatic heterocycles. The van der Waals surface area contributed by atoms with Gasteiger partial charge in [0.05, 0.1) is 0 Å². The predicted octanol–water partition coefficient (Wildman–Crippen LogP) is -3.32. The maximum atomic E-state index is 9.53. The van der Waals surface area contributed by atoms with Crippen LogP contribution in [-0.2, 0) is 169 Å². The van der Waals surface area contributed by atoms with Crippen LogP contribution in [0.3, 0.4) is 0 Å². The standard InChI is InChI=1S/13C3H7O.O.5Y/c13*1-3(2)4;;;;;;/h13*3H,1-2H3;;;;;;/q13*-1;-2;5*+3. The van der Waals surface area contributed by atoms with Crippen molar-refractivity contribution >= 4 is 0 Å². The third-order valence-corrected chi connectivity index (χ3v) is 0. The Labute approximate surface area is 487 Å². The summed E-state index contributed by atoms with van der Waals surface area (Å²) in [4.78, 5) is 0. The molecule has 0 rings (SSSR count). The molecule has 58 heavy (non-hydrogen) atoms. The van der Waals surface area contributed by atoms with E-state index in [1.165, 1.54) is 0 Å². The maximum Gasteiger partial charge on any atom is 3.00 e. The van der Waals surface area contributed by atoms with E-state index in [9.17, 15) is 66.4 Å². The summed E-state index contributed by atoms with van der Waals surface area (Å²) < 4.78 is 0. The van der Waals surface area contributed by atoms with Gasteiger partial charge in [0, 0.05) is 0 Å². The molecule has 19 heteroatoms. The Kier molecular flexibility index (Phi) is 257. The van der Waals surface area contributed by atoms with E-state index in [4.69, 9.17) is 0 Å². The smallest absolute Gasteiger partial charge is 2.00 e. The van der Waals surface area contributed by atoms with Crippen molar-refractivity contribution in [3.05, 3.63) is 0 Å². The molecule has 0 saturated heterocycles. The van der Waals surface area contributed by atoms with E-state index >= 15 is 0 Å². The van der Waals surface area contributed by atoms with Crippen LogP contribution < -0.4 is 66.4 Å². The molecule has 0 spiro atoms. The SMILES string of the molecule is CC(C)[O-].CC(C)[O-].CC(C)[O-].CC(C)[O-].CC(C)[O-].CC(C)[O-].CC(C)[O-].CC(C)[O-].CC(C)[O-].CC(C)[O-].CC(C)[O-].CC(C)[O-].CC(C)[O-].[O-2].[Y+3].[Y+3].[Y+3].[Y+3].[Y+3]. The molecule has 0 aromatic heterocycles. The zero-order chi connectivity index (χ0) is 46.5. The van der Waals surface area contributed by atoms with Crippen LogP contribution in [0.5, 0.6) is 0 Å². The van der Waals surface area contributed by atoms with Crippen molar-refractivity contribution in [2.45, 2.75) is 259 Å². The normalized spacial score (nSPS) is 8.07. The molecular weight excluding hydrogens is 1140 g/mol. The fraction of sp³-hybridized carbons (Fsp3) is 1.00. The van der Waals surface area contributed by atoms with Crippen LogP contribution in [0.25, 0.3) is 0 Å². The Morgan fingerprint density at radius 1 is 0.138 bits per heavy atom. The summed E-state index contributed by atoms with van der Waals surface area (Å²) in [5, 5.41) is 124. The van der Waals surface area contributed by atoms with Crippen LogP contribution >= 0.6 is 0 Å². The molecule has 0 aliphatic rings. The molecule has 0 fully saturated rings. The summed E-state index contributed by atoms with van der Waals surface area (Å²) in [5.41, 5.74) is 0.